The van der Waals surface area contributed by atoms with Gasteiger partial charge in [0.05, 0.1) is 11.5 Å². The maximum atomic E-state index is 13.0. The lowest BCUT2D eigenvalue weighted by Crippen LogP contribution is -2.43. The number of benzene rings is 1. The molecule has 2 aromatic rings. The molecular weight excluding hydrogens is 382 g/mol. The number of para-hydroxylation sites is 1. The topological polar surface area (TPSA) is 107 Å². The van der Waals surface area contributed by atoms with Crippen LogP contribution in [0.15, 0.2) is 29.1 Å². The fraction of sp³-hybridized carbons (Fsp3) is 0.455. The Balaban J connectivity index is 1.67. The minimum absolute atomic E-state index is 0.0872. The van der Waals surface area contributed by atoms with Gasteiger partial charge in [-0.3, -0.25) is 19.4 Å². The van der Waals surface area contributed by atoms with Gasteiger partial charge in [0.1, 0.15) is 5.82 Å². The van der Waals surface area contributed by atoms with E-state index in [-0.39, 0.29) is 35.2 Å². The van der Waals surface area contributed by atoms with Gasteiger partial charge in [-0.1, -0.05) is 25.1 Å². The number of fused-ring (bicyclic) bond motifs is 1. The zero-order valence-corrected chi connectivity index (χ0v) is 17.3. The molecule has 2 amide bonds. The highest BCUT2D eigenvalue weighted by molar-refractivity contribution is 6.04. The first-order valence-corrected chi connectivity index (χ1v) is 10.5. The van der Waals surface area contributed by atoms with E-state index < -0.39 is 5.92 Å². The predicted octanol–water partition coefficient (Wildman–Crippen LogP) is 2.91. The summed E-state index contributed by atoms with van der Waals surface area (Å²) in [4.78, 5) is 47.9. The van der Waals surface area contributed by atoms with Crippen LogP contribution in [-0.4, -0.2) is 34.4 Å². The highest BCUT2D eigenvalue weighted by atomic mass is 16.2. The van der Waals surface area contributed by atoms with Crippen molar-refractivity contribution in [3.8, 4) is 0 Å². The Kier molecular flexibility index (Phi) is 5.57. The van der Waals surface area contributed by atoms with Crippen molar-refractivity contribution in [2.24, 2.45) is 0 Å². The number of hydrogen-bond acceptors (Lipinski definition) is 5. The Morgan fingerprint density at radius 2 is 2.07 bits per heavy atom. The smallest absolute Gasteiger partial charge is 0.258 e. The first-order chi connectivity index (χ1) is 14.5. The fourth-order valence-corrected chi connectivity index (χ4v) is 4.36. The Hall–Kier alpha value is -3.16. The molecule has 0 aliphatic carbocycles. The predicted molar refractivity (Wildman–Crippen MR) is 116 cm³/mol. The number of hydrogen-bond donors (Lipinski definition) is 3. The van der Waals surface area contributed by atoms with Gasteiger partial charge < -0.3 is 15.5 Å². The lowest BCUT2D eigenvalue weighted by atomic mass is 9.92. The van der Waals surface area contributed by atoms with Gasteiger partial charge >= 0.3 is 0 Å². The summed E-state index contributed by atoms with van der Waals surface area (Å²) >= 11 is 0. The summed E-state index contributed by atoms with van der Waals surface area (Å²) in [7, 11) is 0. The molecule has 0 bridgehead atoms. The maximum absolute atomic E-state index is 13.0. The number of aromatic nitrogens is 2. The quantitative estimate of drug-likeness (QED) is 0.720. The van der Waals surface area contributed by atoms with Crippen LogP contribution in [0.25, 0.3) is 0 Å². The molecule has 1 aromatic heterocycles. The summed E-state index contributed by atoms with van der Waals surface area (Å²) in [5, 5.41) is 5.55. The zero-order chi connectivity index (χ0) is 21.3. The molecule has 4 rings (SSSR count). The van der Waals surface area contributed by atoms with E-state index in [1.807, 2.05) is 25.1 Å². The van der Waals surface area contributed by atoms with Gasteiger partial charge in [0.25, 0.3) is 5.56 Å². The van der Waals surface area contributed by atoms with Gasteiger partial charge in [0, 0.05) is 24.7 Å². The highest BCUT2D eigenvalue weighted by Crippen LogP contribution is 2.32. The molecule has 1 aromatic carbocycles. The molecule has 30 heavy (non-hydrogen) atoms. The van der Waals surface area contributed by atoms with Gasteiger partial charge in [-0.2, -0.15) is 4.98 Å². The second-order valence-corrected chi connectivity index (χ2v) is 8.01. The van der Waals surface area contributed by atoms with E-state index in [2.05, 4.69) is 32.4 Å². The van der Waals surface area contributed by atoms with E-state index >= 15 is 0 Å². The number of carbonyl (C=O) groups is 2. The van der Waals surface area contributed by atoms with E-state index in [0.29, 0.717) is 17.7 Å². The molecule has 3 heterocycles. The van der Waals surface area contributed by atoms with Gasteiger partial charge in [0.15, 0.2) is 0 Å². The van der Waals surface area contributed by atoms with Gasteiger partial charge in [-0.15, -0.1) is 0 Å². The number of anilines is 3. The largest absolute Gasteiger partial charge is 0.339 e. The molecular formula is C22H27N5O3. The third kappa shape index (κ3) is 3.81. The van der Waals surface area contributed by atoms with Crippen molar-refractivity contribution in [2.45, 2.75) is 57.9 Å². The fourth-order valence-electron chi connectivity index (χ4n) is 4.36. The summed E-state index contributed by atoms with van der Waals surface area (Å²) in [5.41, 5.74) is 1.41. The minimum Gasteiger partial charge on any atom is -0.339 e. The molecule has 2 aliphatic rings. The molecule has 2 atom stereocenters. The van der Waals surface area contributed by atoms with Crippen LogP contribution in [0, 0.1) is 6.92 Å². The number of carbonyl (C=O) groups excluding carboxylic acids is 2. The first kappa shape index (κ1) is 20.1. The van der Waals surface area contributed by atoms with Crippen LogP contribution in [-0.2, 0) is 9.59 Å². The van der Waals surface area contributed by atoms with Crippen LogP contribution in [0.2, 0.25) is 0 Å². The zero-order valence-electron chi connectivity index (χ0n) is 17.3. The molecule has 8 heteroatoms. The normalized spacial score (nSPS) is 21.0. The van der Waals surface area contributed by atoms with Crippen molar-refractivity contribution in [1.29, 1.82) is 0 Å². The van der Waals surface area contributed by atoms with Crippen molar-refractivity contribution in [2.75, 3.05) is 22.1 Å². The molecule has 1 saturated heterocycles. The average molecular weight is 409 g/mol. The Labute approximate surface area is 175 Å². The Morgan fingerprint density at radius 1 is 1.27 bits per heavy atom. The second-order valence-electron chi connectivity index (χ2n) is 8.01. The minimum atomic E-state index is -0.887. The van der Waals surface area contributed by atoms with Gasteiger partial charge in [-0.05, 0) is 44.2 Å². The van der Waals surface area contributed by atoms with Crippen molar-refractivity contribution in [1.82, 2.24) is 9.97 Å². The summed E-state index contributed by atoms with van der Waals surface area (Å²) < 4.78 is 0. The number of nitrogens with zero attached hydrogens (tertiary/aromatic N) is 2. The summed E-state index contributed by atoms with van der Waals surface area (Å²) in [6, 6.07) is 7.70. The lowest BCUT2D eigenvalue weighted by Gasteiger charge is -2.36. The third-order valence-corrected chi connectivity index (χ3v) is 6.03. The van der Waals surface area contributed by atoms with Crippen molar-refractivity contribution < 1.29 is 9.59 Å². The van der Waals surface area contributed by atoms with E-state index in [0.717, 1.165) is 37.8 Å². The average Bonchev–Trinajstić information content (AvgIpc) is 2.74. The number of aromatic amines is 1. The Bertz CT molecular complexity index is 1030. The van der Waals surface area contributed by atoms with Crippen LogP contribution >= 0.6 is 0 Å². The monoisotopic (exact) mass is 409 g/mol. The number of nitrogens with one attached hydrogen (secondary N) is 3. The summed E-state index contributed by atoms with van der Waals surface area (Å²) in [6.45, 7) is 4.82. The maximum Gasteiger partial charge on any atom is 0.258 e. The molecule has 158 valence electrons. The summed E-state index contributed by atoms with van der Waals surface area (Å²) in [6.07, 6.45) is 4.10. The molecule has 8 nitrogen and oxygen atoms in total. The number of aryl methyl sites for hydroxylation is 1. The molecule has 0 saturated carbocycles. The number of piperidine rings is 1. The number of amides is 2. The van der Waals surface area contributed by atoms with Gasteiger partial charge in [-0.25, -0.2) is 0 Å². The molecule has 2 aliphatic heterocycles. The van der Waals surface area contributed by atoms with Crippen molar-refractivity contribution in [3.63, 3.8) is 0 Å². The molecule has 1 fully saturated rings. The van der Waals surface area contributed by atoms with Crippen molar-refractivity contribution in [3.05, 3.63) is 45.7 Å². The molecule has 0 spiro atoms. The molecule has 3 N–H and O–H groups in total. The van der Waals surface area contributed by atoms with Crippen molar-refractivity contribution >= 4 is 29.3 Å². The standard InChI is InChI=1S/C22H27N5O3/c1-3-14-9-6-7-11-27(14)22-25-19-18(21(30)26-22)15(12-17(28)24-19)20(29)23-16-10-5-4-8-13(16)2/h4-5,8,10,14-15H,3,6-7,9,11-12H2,1-2H3,(H,23,29)(H2,24,25,26,28,30)/t14-,15-/m1/s1. The van der Waals surface area contributed by atoms with Crippen LogP contribution in [0.5, 0.6) is 0 Å². The van der Waals surface area contributed by atoms with Crippen LogP contribution in [0.4, 0.5) is 17.5 Å². The van der Waals surface area contributed by atoms with Gasteiger partial charge in [0.2, 0.25) is 17.8 Å². The van der Waals surface area contributed by atoms with Crippen LogP contribution < -0.4 is 21.1 Å². The van der Waals surface area contributed by atoms with Crippen LogP contribution in [0.3, 0.4) is 0 Å². The third-order valence-electron chi connectivity index (χ3n) is 6.03. The van der Waals surface area contributed by atoms with E-state index in [4.69, 9.17) is 0 Å². The van der Waals surface area contributed by atoms with E-state index in [1.165, 1.54) is 0 Å². The SMILES string of the molecule is CC[C@@H]1CCCCN1c1nc2c(c(=O)[nH]1)[C@H](C(=O)Nc1ccccc1C)CC(=O)N2. The van der Waals surface area contributed by atoms with Crippen LogP contribution in [0.1, 0.15) is 56.1 Å². The summed E-state index contributed by atoms with van der Waals surface area (Å²) in [5.74, 6) is -0.935. The lowest BCUT2D eigenvalue weighted by molar-refractivity contribution is -0.123. The highest BCUT2D eigenvalue weighted by Gasteiger charge is 2.36. The number of H-pyrrole nitrogens is 1. The second kappa shape index (κ2) is 8.30. The van der Waals surface area contributed by atoms with E-state index in [9.17, 15) is 14.4 Å². The van der Waals surface area contributed by atoms with E-state index in [1.54, 1.807) is 6.07 Å². The molecule has 0 radical (unpaired) electrons. The molecule has 0 unspecified atom stereocenters. The first-order valence-electron chi connectivity index (χ1n) is 10.5. The number of rotatable bonds is 4. The Morgan fingerprint density at radius 3 is 2.83 bits per heavy atom.